The summed E-state index contributed by atoms with van der Waals surface area (Å²) in [6.07, 6.45) is -0.542. The summed E-state index contributed by atoms with van der Waals surface area (Å²) in [5.74, 6) is -1.73. The average Bonchev–Trinajstić information content (AvgIpc) is 2.94. The molecule has 2 heterocycles. The summed E-state index contributed by atoms with van der Waals surface area (Å²) in [4.78, 5) is 38.1. The predicted octanol–water partition coefficient (Wildman–Crippen LogP) is 1.28. The number of cyclic esters (lactones) is 1. The first-order valence-electron chi connectivity index (χ1n) is 6.69. The van der Waals surface area contributed by atoms with Crippen LogP contribution in [0.2, 0.25) is 0 Å². The minimum absolute atomic E-state index is 0.148. The van der Waals surface area contributed by atoms with Crippen molar-refractivity contribution in [2.75, 3.05) is 13.2 Å². The molecule has 1 aromatic rings. The average molecular weight is 295 g/mol. The highest BCUT2D eigenvalue weighted by Gasteiger charge is 2.32. The molecule has 2 rings (SSSR count). The van der Waals surface area contributed by atoms with Crippen molar-refractivity contribution in [1.29, 1.82) is 0 Å². The number of nitrogens with one attached hydrogen (secondary N) is 1. The molecular formula is C14H17NO6. The normalized spacial score (nSPS) is 17.5. The van der Waals surface area contributed by atoms with E-state index in [2.05, 4.69) is 4.98 Å². The van der Waals surface area contributed by atoms with Gasteiger partial charge in [-0.2, -0.15) is 0 Å². The first-order valence-corrected chi connectivity index (χ1v) is 6.69. The summed E-state index contributed by atoms with van der Waals surface area (Å²) < 4.78 is 14.8. The number of aromatic nitrogens is 1. The van der Waals surface area contributed by atoms with Crippen molar-refractivity contribution >= 4 is 17.9 Å². The zero-order valence-corrected chi connectivity index (χ0v) is 12.1. The Morgan fingerprint density at radius 2 is 2.05 bits per heavy atom. The molecule has 1 saturated heterocycles. The Morgan fingerprint density at radius 1 is 1.33 bits per heavy atom. The van der Waals surface area contributed by atoms with Crippen molar-refractivity contribution in [2.45, 2.75) is 33.3 Å². The minimum Gasteiger partial charge on any atom is -0.463 e. The second-order valence-corrected chi connectivity index (χ2v) is 4.70. The number of aromatic amines is 1. The van der Waals surface area contributed by atoms with Gasteiger partial charge in [0.25, 0.3) is 0 Å². The fraction of sp³-hybridized carbons (Fsp3) is 0.500. The fourth-order valence-corrected chi connectivity index (χ4v) is 2.24. The number of carbonyl (C=O) groups excluding carboxylic acids is 3. The molecule has 1 aliphatic rings. The van der Waals surface area contributed by atoms with Crippen molar-refractivity contribution in [3.05, 3.63) is 22.5 Å². The maximum Gasteiger partial charge on any atom is 0.355 e. The molecular weight excluding hydrogens is 278 g/mol. The van der Waals surface area contributed by atoms with E-state index in [1.54, 1.807) is 20.8 Å². The molecule has 1 atom stereocenters. The Morgan fingerprint density at radius 3 is 2.62 bits per heavy atom. The van der Waals surface area contributed by atoms with Crippen LogP contribution in [0.15, 0.2) is 0 Å². The van der Waals surface area contributed by atoms with Gasteiger partial charge in [-0.15, -0.1) is 0 Å². The van der Waals surface area contributed by atoms with Gasteiger partial charge in [-0.1, -0.05) is 0 Å². The number of aryl methyl sites for hydroxylation is 1. The van der Waals surface area contributed by atoms with Gasteiger partial charge in [0, 0.05) is 12.1 Å². The van der Waals surface area contributed by atoms with Crippen LogP contribution in [-0.4, -0.2) is 42.2 Å². The third kappa shape index (κ3) is 2.91. The number of hydrogen-bond acceptors (Lipinski definition) is 6. The minimum atomic E-state index is -0.883. The van der Waals surface area contributed by atoms with Gasteiger partial charge < -0.3 is 19.2 Å². The lowest BCUT2D eigenvalue weighted by Gasteiger charge is -2.08. The Bertz CT molecular complexity index is 589. The van der Waals surface area contributed by atoms with Crippen LogP contribution in [-0.2, 0) is 19.0 Å². The number of ether oxygens (including phenoxy) is 3. The molecule has 21 heavy (non-hydrogen) atoms. The molecule has 1 N–H and O–H groups in total. The van der Waals surface area contributed by atoms with Crippen molar-refractivity contribution in [3.8, 4) is 0 Å². The van der Waals surface area contributed by atoms with E-state index in [1.165, 1.54) is 0 Å². The maximum absolute atomic E-state index is 12.1. The second kappa shape index (κ2) is 5.99. The van der Waals surface area contributed by atoms with Crippen LogP contribution >= 0.6 is 0 Å². The lowest BCUT2D eigenvalue weighted by molar-refractivity contribution is -0.145. The highest BCUT2D eigenvalue weighted by Crippen LogP contribution is 2.21. The maximum atomic E-state index is 12.1. The Hall–Kier alpha value is -2.31. The van der Waals surface area contributed by atoms with Gasteiger partial charge in [0.05, 0.1) is 18.8 Å². The molecule has 0 unspecified atom stereocenters. The largest absolute Gasteiger partial charge is 0.463 e. The van der Waals surface area contributed by atoms with E-state index in [1.807, 2.05) is 0 Å². The Balaban J connectivity index is 2.20. The monoisotopic (exact) mass is 295 g/mol. The van der Waals surface area contributed by atoms with E-state index in [-0.39, 0.29) is 18.9 Å². The van der Waals surface area contributed by atoms with E-state index < -0.39 is 24.0 Å². The fourth-order valence-electron chi connectivity index (χ4n) is 2.24. The zero-order valence-electron chi connectivity index (χ0n) is 12.1. The van der Waals surface area contributed by atoms with Crippen molar-refractivity contribution in [2.24, 2.45) is 0 Å². The van der Waals surface area contributed by atoms with Gasteiger partial charge in [-0.05, 0) is 26.3 Å². The standard InChI is InChI=1S/C14H17NO6/c1-4-19-13(17)10-7(2)11(15-8(10)3)14(18)21-9-5-6-20-12(9)16/h9,15H,4-6H2,1-3H3/t9-/m1/s1. The zero-order chi connectivity index (χ0) is 15.6. The van der Waals surface area contributed by atoms with Crippen LogP contribution < -0.4 is 0 Å². The van der Waals surface area contributed by atoms with Crippen LogP contribution in [0, 0.1) is 13.8 Å². The second-order valence-electron chi connectivity index (χ2n) is 4.70. The third-order valence-corrected chi connectivity index (χ3v) is 3.26. The van der Waals surface area contributed by atoms with Gasteiger partial charge >= 0.3 is 17.9 Å². The number of carbonyl (C=O) groups is 3. The summed E-state index contributed by atoms with van der Waals surface area (Å²) in [7, 11) is 0. The molecule has 0 aromatic carbocycles. The number of hydrogen-bond donors (Lipinski definition) is 1. The van der Waals surface area contributed by atoms with Gasteiger partial charge in [-0.25, -0.2) is 14.4 Å². The molecule has 0 spiro atoms. The van der Waals surface area contributed by atoms with Gasteiger partial charge in [0.2, 0.25) is 6.10 Å². The molecule has 1 fully saturated rings. The molecule has 7 nitrogen and oxygen atoms in total. The predicted molar refractivity (Wildman–Crippen MR) is 71.0 cm³/mol. The first kappa shape index (κ1) is 15.1. The third-order valence-electron chi connectivity index (χ3n) is 3.26. The quantitative estimate of drug-likeness (QED) is 0.664. The van der Waals surface area contributed by atoms with E-state index in [9.17, 15) is 14.4 Å². The molecule has 0 saturated carbocycles. The highest BCUT2D eigenvalue weighted by atomic mass is 16.6. The summed E-state index contributed by atoms with van der Waals surface area (Å²) in [6, 6.07) is 0. The first-order chi connectivity index (χ1) is 9.95. The SMILES string of the molecule is CCOC(=O)c1c(C)[nH]c(C(=O)O[C@@H]2CCOC2=O)c1C. The van der Waals surface area contributed by atoms with Crippen LogP contribution in [0.25, 0.3) is 0 Å². The molecule has 114 valence electrons. The summed E-state index contributed by atoms with van der Waals surface area (Å²) in [5.41, 5.74) is 1.43. The topological polar surface area (TPSA) is 94.7 Å². The Kier molecular flexibility index (Phi) is 4.30. The van der Waals surface area contributed by atoms with Crippen LogP contribution in [0.5, 0.6) is 0 Å². The molecule has 0 radical (unpaired) electrons. The molecule has 0 bridgehead atoms. The Labute approximate surface area is 121 Å². The van der Waals surface area contributed by atoms with Gasteiger partial charge in [0.15, 0.2) is 0 Å². The molecule has 0 aliphatic carbocycles. The van der Waals surface area contributed by atoms with E-state index in [4.69, 9.17) is 14.2 Å². The summed E-state index contributed by atoms with van der Waals surface area (Å²) in [5, 5.41) is 0. The molecule has 0 amide bonds. The summed E-state index contributed by atoms with van der Waals surface area (Å²) in [6.45, 7) is 5.49. The van der Waals surface area contributed by atoms with E-state index >= 15 is 0 Å². The molecule has 7 heteroatoms. The van der Waals surface area contributed by atoms with Crippen molar-refractivity contribution in [3.63, 3.8) is 0 Å². The molecule has 1 aliphatic heterocycles. The van der Waals surface area contributed by atoms with Gasteiger partial charge in [0.1, 0.15) is 5.69 Å². The van der Waals surface area contributed by atoms with Crippen LogP contribution in [0.3, 0.4) is 0 Å². The molecule has 1 aromatic heterocycles. The van der Waals surface area contributed by atoms with E-state index in [0.29, 0.717) is 23.2 Å². The number of rotatable bonds is 4. The smallest absolute Gasteiger partial charge is 0.355 e. The summed E-state index contributed by atoms with van der Waals surface area (Å²) >= 11 is 0. The van der Waals surface area contributed by atoms with Crippen molar-refractivity contribution in [1.82, 2.24) is 4.98 Å². The van der Waals surface area contributed by atoms with Crippen molar-refractivity contribution < 1.29 is 28.6 Å². The van der Waals surface area contributed by atoms with Crippen LogP contribution in [0.4, 0.5) is 0 Å². The lowest BCUT2D eigenvalue weighted by Crippen LogP contribution is -2.23. The highest BCUT2D eigenvalue weighted by molar-refractivity contribution is 5.99. The lowest BCUT2D eigenvalue weighted by atomic mass is 10.1. The van der Waals surface area contributed by atoms with E-state index in [0.717, 1.165) is 0 Å². The number of esters is 3. The number of H-pyrrole nitrogens is 1. The van der Waals surface area contributed by atoms with Crippen LogP contribution in [0.1, 0.15) is 45.4 Å². The van der Waals surface area contributed by atoms with Gasteiger partial charge in [-0.3, -0.25) is 0 Å².